The Hall–Kier alpha value is -3.16. The number of ether oxygens (including phenoxy) is 1. The van der Waals surface area contributed by atoms with Crippen molar-refractivity contribution in [1.29, 1.82) is 0 Å². The molecule has 2 aliphatic rings. The third-order valence-corrected chi connectivity index (χ3v) is 7.70. The number of likely N-dealkylation sites (tertiary alicyclic amines) is 1. The minimum absolute atomic E-state index is 0.00300. The summed E-state index contributed by atoms with van der Waals surface area (Å²) in [4.78, 5) is 28.8. The van der Waals surface area contributed by atoms with E-state index in [9.17, 15) is 9.59 Å². The maximum absolute atomic E-state index is 13.6. The molecule has 2 saturated heterocycles. The first-order valence-electron chi connectivity index (χ1n) is 11.9. The number of aryl methyl sites for hydroxylation is 1. The van der Waals surface area contributed by atoms with E-state index in [4.69, 9.17) is 9.15 Å². The molecule has 2 fully saturated rings. The van der Waals surface area contributed by atoms with Crippen LogP contribution in [0.1, 0.15) is 28.8 Å². The fraction of sp³-hybridized carbons (Fsp3) is 0.286. The number of hydrogen-bond acceptors (Lipinski definition) is 4. The number of carbonyl (C=O) groups excluding carboxylic acids is 2. The van der Waals surface area contributed by atoms with Crippen LogP contribution in [-0.2, 0) is 9.53 Å². The van der Waals surface area contributed by atoms with E-state index in [0.29, 0.717) is 30.8 Å². The predicted molar refractivity (Wildman–Crippen MR) is 139 cm³/mol. The summed E-state index contributed by atoms with van der Waals surface area (Å²) in [6.07, 6.45) is 1.28. The largest absolute Gasteiger partial charge is 0.456 e. The van der Waals surface area contributed by atoms with E-state index in [-0.39, 0.29) is 29.9 Å². The summed E-state index contributed by atoms with van der Waals surface area (Å²) in [6.45, 7) is 2.92. The first kappa shape index (κ1) is 22.3. The van der Waals surface area contributed by atoms with E-state index in [1.54, 1.807) is 0 Å². The average Bonchev–Trinajstić information content (AvgIpc) is 3.47. The van der Waals surface area contributed by atoms with E-state index < -0.39 is 0 Å². The fourth-order valence-corrected chi connectivity index (χ4v) is 5.92. The molecule has 2 aliphatic heterocycles. The normalized spacial score (nSPS) is 21.9. The lowest BCUT2D eigenvalue weighted by atomic mass is 9.88. The van der Waals surface area contributed by atoms with Gasteiger partial charge < -0.3 is 19.4 Å². The molecular weight excluding hydrogens is 508 g/mol. The molecule has 1 N–H and O–H groups in total. The molecule has 7 heteroatoms. The first-order valence-corrected chi connectivity index (χ1v) is 12.7. The van der Waals surface area contributed by atoms with Crippen molar-refractivity contribution in [2.75, 3.05) is 18.5 Å². The van der Waals surface area contributed by atoms with Crippen LogP contribution in [0.25, 0.3) is 21.9 Å². The lowest BCUT2D eigenvalue weighted by molar-refractivity contribution is -0.123. The summed E-state index contributed by atoms with van der Waals surface area (Å²) in [6, 6.07) is 19.2. The van der Waals surface area contributed by atoms with Gasteiger partial charge in [0.2, 0.25) is 5.91 Å². The van der Waals surface area contributed by atoms with Gasteiger partial charge in [0.15, 0.2) is 0 Å². The van der Waals surface area contributed by atoms with Gasteiger partial charge in [0.05, 0.1) is 18.1 Å². The SMILES string of the molecule is Cc1cc(Br)ccc1C(=O)N1CC(C(=O)Nc2ccc3oc4ccccc4c3c2)C[C@@H]2OCC[C@@H]21. The first-order chi connectivity index (χ1) is 17.0. The number of rotatable bonds is 3. The van der Waals surface area contributed by atoms with Gasteiger partial charge in [-0.05, 0) is 67.8 Å². The van der Waals surface area contributed by atoms with Gasteiger partial charge in [0.1, 0.15) is 11.2 Å². The standard InChI is InChI=1S/C28H25BrN2O4/c1-16-12-18(29)6-8-20(16)28(33)31-15-17(13-26-23(31)10-11-34-26)27(32)30-19-7-9-25-22(14-19)21-4-2-3-5-24(21)35-25/h2-9,12,14,17,23,26H,10-11,13,15H2,1H3,(H,30,32)/t17?,23-,26-/m0/s1. The van der Waals surface area contributed by atoms with Crippen LogP contribution in [0.5, 0.6) is 0 Å². The van der Waals surface area contributed by atoms with Gasteiger partial charge in [-0.2, -0.15) is 0 Å². The second-order valence-corrected chi connectivity index (χ2v) is 10.3. The molecule has 3 heterocycles. The summed E-state index contributed by atoms with van der Waals surface area (Å²) in [5.74, 6) is -0.499. The fourth-order valence-electron chi connectivity index (χ4n) is 5.44. The number of nitrogens with zero attached hydrogens (tertiary/aromatic N) is 1. The number of carbonyl (C=O) groups is 2. The summed E-state index contributed by atoms with van der Waals surface area (Å²) in [5, 5.41) is 5.05. The Bertz CT molecular complexity index is 1460. The molecule has 35 heavy (non-hydrogen) atoms. The lowest BCUT2D eigenvalue weighted by Gasteiger charge is -2.40. The highest BCUT2D eigenvalue weighted by Gasteiger charge is 2.44. The van der Waals surface area contributed by atoms with Crippen molar-refractivity contribution in [1.82, 2.24) is 4.90 Å². The van der Waals surface area contributed by atoms with Crippen molar-refractivity contribution in [3.63, 3.8) is 0 Å². The van der Waals surface area contributed by atoms with Crippen LogP contribution in [0.3, 0.4) is 0 Å². The number of benzene rings is 3. The van der Waals surface area contributed by atoms with Crippen LogP contribution in [0, 0.1) is 12.8 Å². The number of amides is 2. The number of nitrogens with one attached hydrogen (secondary N) is 1. The summed E-state index contributed by atoms with van der Waals surface area (Å²) >= 11 is 3.47. The van der Waals surface area contributed by atoms with E-state index in [2.05, 4.69) is 21.2 Å². The number of para-hydroxylation sites is 1. The average molecular weight is 533 g/mol. The Morgan fingerprint density at radius 1 is 1.03 bits per heavy atom. The number of hydrogen-bond donors (Lipinski definition) is 1. The Morgan fingerprint density at radius 2 is 1.86 bits per heavy atom. The molecule has 4 aromatic rings. The quantitative estimate of drug-likeness (QED) is 0.355. The minimum atomic E-state index is -0.356. The molecule has 3 atom stereocenters. The van der Waals surface area contributed by atoms with Gasteiger partial charge in [0, 0.05) is 39.6 Å². The summed E-state index contributed by atoms with van der Waals surface area (Å²) in [7, 11) is 0. The van der Waals surface area contributed by atoms with E-state index >= 15 is 0 Å². The maximum Gasteiger partial charge on any atom is 0.254 e. The molecule has 2 amide bonds. The van der Waals surface area contributed by atoms with Crippen molar-refractivity contribution >= 4 is 55.4 Å². The molecule has 3 aromatic carbocycles. The molecule has 0 aliphatic carbocycles. The molecule has 1 unspecified atom stereocenters. The zero-order valence-corrected chi connectivity index (χ0v) is 20.9. The van der Waals surface area contributed by atoms with Crippen LogP contribution < -0.4 is 5.32 Å². The van der Waals surface area contributed by atoms with Gasteiger partial charge >= 0.3 is 0 Å². The monoisotopic (exact) mass is 532 g/mol. The van der Waals surface area contributed by atoms with Crippen molar-refractivity contribution in [3.8, 4) is 0 Å². The van der Waals surface area contributed by atoms with E-state index in [1.165, 1.54) is 0 Å². The number of fused-ring (bicyclic) bond motifs is 4. The van der Waals surface area contributed by atoms with Gasteiger partial charge in [-0.3, -0.25) is 9.59 Å². The third-order valence-electron chi connectivity index (χ3n) is 7.20. The highest BCUT2D eigenvalue weighted by atomic mass is 79.9. The Balaban J connectivity index is 1.25. The summed E-state index contributed by atoms with van der Waals surface area (Å²) in [5.41, 5.74) is 3.89. The molecule has 0 radical (unpaired) electrons. The molecule has 1 aromatic heterocycles. The van der Waals surface area contributed by atoms with E-state index in [0.717, 1.165) is 38.4 Å². The number of piperidine rings is 1. The lowest BCUT2D eigenvalue weighted by Crippen LogP contribution is -2.54. The Kier molecular flexibility index (Phi) is 5.61. The van der Waals surface area contributed by atoms with Crippen LogP contribution >= 0.6 is 15.9 Å². The van der Waals surface area contributed by atoms with Crippen molar-refractivity contribution in [2.24, 2.45) is 5.92 Å². The van der Waals surface area contributed by atoms with Gasteiger partial charge in [-0.15, -0.1) is 0 Å². The Morgan fingerprint density at radius 3 is 2.71 bits per heavy atom. The highest BCUT2D eigenvalue weighted by molar-refractivity contribution is 9.10. The highest BCUT2D eigenvalue weighted by Crippen LogP contribution is 2.35. The second kappa shape index (κ2) is 8.81. The van der Waals surface area contributed by atoms with Crippen molar-refractivity contribution in [2.45, 2.75) is 31.9 Å². The number of halogens is 1. The van der Waals surface area contributed by atoms with Gasteiger partial charge in [-0.1, -0.05) is 34.1 Å². The van der Waals surface area contributed by atoms with Crippen molar-refractivity contribution in [3.05, 3.63) is 76.3 Å². The minimum Gasteiger partial charge on any atom is -0.456 e. The molecule has 6 nitrogen and oxygen atoms in total. The second-order valence-electron chi connectivity index (χ2n) is 9.41. The van der Waals surface area contributed by atoms with E-state index in [1.807, 2.05) is 72.5 Å². The van der Waals surface area contributed by atoms with Crippen LogP contribution in [0.2, 0.25) is 0 Å². The molecule has 6 rings (SSSR count). The number of furan rings is 1. The molecular formula is C28H25BrN2O4. The molecule has 178 valence electrons. The van der Waals surface area contributed by atoms with Crippen molar-refractivity contribution < 1.29 is 18.7 Å². The predicted octanol–water partition coefficient (Wildman–Crippen LogP) is 5.92. The zero-order chi connectivity index (χ0) is 24.1. The maximum atomic E-state index is 13.6. The molecule has 0 spiro atoms. The van der Waals surface area contributed by atoms with Crippen LogP contribution in [0.4, 0.5) is 5.69 Å². The zero-order valence-electron chi connectivity index (χ0n) is 19.3. The van der Waals surface area contributed by atoms with Crippen LogP contribution in [0.15, 0.2) is 69.6 Å². The van der Waals surface area contributed by atoms with Crippen LogP contribution in [-0.4, -0.2) is 42.0 Å². The molecule has 0 saturated carbocycles. The summed E-state index contributed by atoms with van der Waals surface area (Å²) < 4.78 is 12.8. The topological polar surface area (TPSA) is 71.8 Å². The smallest absolute Gasteiger partial charge is 0.254 e. The van der Waals surface area contributed by atoms with Gasteiger partial charge in [-0.25, -0.2) is 0 Å². The Labute approximate surface area is 211 Å². The number of anilines is 1. The third kappa shape index (κ3) is 4.02. The molecule has 0 bridgehead atoms. The van der Waals surface area contributed by atoms with Gasteiger partial charge in [0.25, 0.3) is 5.91 Å².